The Bertz CT molecular complexity index is 403. The van der Waals surface area contributed by atoms with E-state index in [4.69, 9.17) is 10.5 Å². The molecule has 0 amide bonds. The van der Waals surface area contributed by atoms with Gasteiger partial charge in [-0.3, -0.25) is 0 Å². The summed E-state index contributed by atoms with van der Waals surface area (Å²) >= 11 is 0. The number of hydrogen-bond donors (Lipinski definition) is 1. The molecule has 0 radical (unpaired) electrons. The van der Waals surface area contributed by atoms with Crippen LogP contribution in [0.4, 0.5) is 0 Å². The van der Waals surface area contributed by atoms with Crippen LogP contribution in [0.3, 0.4) is 0 Å². The average molecular weight is 231 g/mol. The topological polar surface area (TPSA) is 35.2 Å². The van der Waals surface area contributed by atoms with Crippen molar-refractivity contribution in [3.63, 3.8) is 0 Å². The third-order valence-corrected chi connectivity index (χ3v) is 4.73. The normalized spacial score (nSPS) is 35.2. The molecule has 0 heterocycles. The van der Waals surface area contributed by atoms with Gasteiger partial charge in [0.15, 0.2) is 0 Å². The van der Waals surface area contributed by atoms with E-state index in [1.54, 1.807) is 7.11 Å². The maximum Gasteiger partial charge on any atom is 0.122 e. The van der Waals surface area contributed by atoms with Gasteiger partial charge in [-0.2, -0.15) is 0 Å². The van der Waals surface area contributed by atoms with Gasteiger partial charge in [0.25, 0.3) is 0 Å². The molecule has 2 aliphatic rings. The first-order valence-corrected chi connectivity index (χ1v) is 6.66. The zero-order valence-electron chi connectivity index (χ0n) is 10.5. The summed E-state index contributed by atoms with van der Waals surface area (Å²) in [5.74, 6) is 2.52. The molecule has 2 atom stereocenters. The van der Waals surface area contributed by atoms with Crippen molar-refractivity contribution in [2.75, 3.05) is 7.11 Å². The maximum absolute atomic E-state index is 6.60. The average Bonchev–Trinajstić information content (AvgIpc) is 2.96. The smallest absolute Gasteiger partial charge is 0.122 e. The molecule has 0 aromatic heterocycles. The van der Waals surface area contributed by atoms with Gasteiger partial charge in [-0.15, -0.1) is 0 Å². The van der Waals surface area contributed by atoms with Gasteiger partial charge in [0, 0.05) is 5.54 Å². The van der Waals surface area contributed by atoms with Crippen LogP contribution in [0.15, 0.2) is 24.3 Å². The van der Waals surface area contributed by atoms with Crippen LogP contribution in [0.1, 0.15) is 31.2 Å². The number of nitrogens with two attached hydrogens (primary N) is 1. The van der Waals surface area contributed by atoms with Crippen LogP contribution in [0.25, 0.3) is 0 Å². The molecule has 0 aliphatic heterocycles. The van der Waals surface area contributed by atoms with Crippen molar-refractivity contribution >= 4 is 0 Å². The molecule has 92 valence electrons. The van der Waals surface area contributed by atoms with Gasteiger partial charge >= 0.3 is 0 Å². The van der Waals surface area contributed by atoms with E-state index in [-0.39, 0.29) is 5.54 Å². The van der Waals surface area contributed by atoms with Crippen molar-refractivity contribution in [3.05, 3.63) is 29.8 Å². The van der Waals surface area contributed by atoms with Gasteiger partial charge in [0.05, 0.1) is 7.11 Å². The van der Waals surface area contributed by atoms with E-state index >= 15 is 0 Å². The molecule has 17 heavy (non-hydrogen) atoms. The standard InChI is InChI=1S/C15H21NO/c1-17-14-9-5-2-6-11(14)10-15(16)12-7-3-4-8-13(12)15/h2,5-6,9,12-13H,3-4,7-8,10,16H2,1H3. The maximum atomic E-state index is 6.60. The monoisotopic (exact) mass is 231 g/mol. The molecule has 1 aromatic rings. The van der Waals surface area contributed by atoms with Crippen molar-refractivity contribution in [3.8, 4) is 5.75 Å². The molecule has 0 saturated heterocycles. The second kappa shape index (κ2) is 4.02. The molecule has 0 spiro atoms. The SMILES string of the molecule is COc1ccccc1CC1(N)C2CCCCC21. The predicted octanol–water partition coefficient (Wildman–Crippen LogP) is 2.76. The zero-order valence-corrected chi connectivity index (χ0v) is 10.5. The summed E-state index contributed by atoms with van der Waals surface area (Å²) in [7, 11) is 1.74. The first-order chi connectivity index (χ1) is 8.25. The van der Waals surface area contributed by atoms with Gasteiger partial charge in [-0.1, -0.05) is 31.0 Å². The van der Waals surface area contributed by atoms with E-state index < -0.39 is 0 Å². The van der Waals surface area contributed by atoms with Crippen LogP contribution in [-0.2, 0) is 6.42 Å². The Hall–Kier alpha value is -1.02. The second-order valence-corrected chi connectivity index (χ2v) is 5.60. The first kappa shape index (κ1) is 11.1. The lowest BCUT2D eigenvalue weighted by Gasteiger charge is -2.14. The Morgan fingerprint density at radius 1 is 1.24 bits per heavy atom. The lowest BCUT2D eigenvalue weighted by atomic mass is 10.0. The molecule has 2 unspecified atom stereocenters. The molecule has 2 heteroatoms. The molecule has 2 fully saturated rings. The number of rotatable bonds is 3. The molecule has 2 aliphatic carbocycles. The predicted molar refractivity (Wildman–Crippen MR) is 69.1 cm³/mol. The number of benzene rings is 1. The van der Waals surface area contributed by atoms with Gasteiger partial charge in [0.1, 0.15) is 5.75 Å². The Kier molecular flexibility index (Phi) is 2.62. The minimum absolute atomic E-state index is 0.0606. The quantitative estimate of drug-likeness (QED) is 0.868. The molecule has 2 saturated carbocycles. The summed E-state index contributed by atoms with van der Waals surface area (Å²) in [6.45, 7) is 0. The Morgan fingerprint density at radius 3 is 2.53 bits per heavy atom. The number of fused-ring (bicyclic) bond motifs is 1. The Labute approximate surface area is 103 Å². The van der Waals surface area contributed by atoms with Crippen LogP contribution in [0, 0.1) is 11.8 Å². The molecule has 3 rings (SSSR count). The molecule has 2 N–H and O–H groups in total. The fraction of sp³-hybridized carbons (Fsp3) is 0.600. The molecule has 2 nitrogen and oxygen atoms in total. The van der Waals surface area contributed by atoms with Gasteiger partial charge < -0.3 is 10.5 Å². The number of ether oxygens (including phenoxy) is 1. The number of hydrogen-bond acceptors (Lipinski definition) is 2. The van der Waals surface area contributed by atoms with E-state index in [0.29, 0.717) is 0 Å². The van der Waals surface area contributed by atoms with E-state index in [9.17, 15) is 0 Å². The second-order valence-electron chi connectivity index (χ2n) is 5.60. The Morgan fingerprint density at radius 2 is 1.88 bits per heavy atom. The van der Waals surface area contributed by atoms with Gasteiger partial charge in [-0.25, -0.2) is 0 Å². The highest BCUT2D eigenvalue weighted by Gasteiger charge is 2.61. The number of para-hydroxylation sites is 1. The molecule has 1 aromatic carbocycles. The molecule has 0 bridgehead atoms. The Balaban J connectivity index is 1.79. The van der Waals surface area contributed by atoms with Crippen molar-refractivity contribution < 1.29 is 4.74 Å². The van der Waals surface area contributed by atoms with Crippen molar-refractivity contribution in [1.82, 2.24) is 0 Å². The van der Waals surface area contributed by atoms with Crippen molar-refractivity contribution in [2.45, 2.75) is 37.6 Å². The van der Waals surface area contributed by atoms with Crippen LogP contribution >= 0.6 is 0 Å². The van der Waals surface area contributed by atoms with Crippen LogP contribution in [0.5, 0.6) is 5.75 Å². The van der Waals surface area contributed by atoms with Crippen LogP contribution < -0.4 is 10.5 Å². The summed E-state index contributed by atoms with van der Waals surface area (Å²) in [5.41, 5.74) is 7.93. The summed E-state index contributed by atoms with van der Waals surface area (Å²) in [4.78, 5) is 0. The van der Waals surface area contributed by atoms with Gasteiger partial charge in [-0.05, 0) is 42.7 Å². The largest absolute Gasteiger partial charge is 0.496 e. The van der Waals surface area contributed by atoms with Crippen molar-refractivity contribution in [2.24, 2.45) is 17.6 Å². The fourth-order valence-corrected chi connectivity index (χ4v) is 3.74. The molecular weight excluding hydrogens is 210 g/mol. The van der Waals surface area contributed by atoms with Crippen LogP contribution in [-0.4, -0.2) is 12.6 Å². The van der Waals surface area contributed by atoms with E-state index in [1.165, 1.54) is 31.2 Å². The third kappa shape index (κ3) is 1.75. The minimum atomic E-state index is 0.0606. The first-order valence-electron chi connectivity index (χ1n) is 6.66. The fourth-order valence-electron chi connectivity index (χ4n) is 3.74. The summed E-state index contributed by atoms with van der Waals surface area (Å²) in [6.07, 6.45) is 6.37. The molecular formula is C15H21NO. The third-order valence-electron chi connectivity index (χ3n) is 4.73. The van der Waals surface area contributed by atoms with E-state index in [2.05, 4.69) is 12.1 Å². The van der Waals surface area contributed by atoms with Crippen molar-refractivity contribution in [1.29, 1.82) is 0 Å². The lowest BCUT2D eigenvalue weighted by Crippen LogP contribution is -2.29. The number of methoxy groups -OCH3 is 1. The lowest BCUT2D eigenvalue weighted by molar-refractivity contribution is 0.405. The highest BCUT2D eigenvalue weighted by atomic mass is 16.5. The van der Waals surface area contributed by atoms with E-state index in [0.717, 1.165) is 24.0 Å². The summed E-state index contributed by atoms with van der Waals surface area (Å²) < 4.78 is 5.42. The summed E-state index contributed by atoms with van der Waals surface area (Å²) in [6, 6.07) is 8.28. The van der Waals surface area contributed by atoms with E-state index in [1.807, 2.05) is 12.1 Å². The highest BCUT2D eigenvalue weighted by molar-refractivity contribution is 5.37. The zero-order chi connectivity index (χ0) is 11.9. The van der Waals surface area contributed by atoms with Crippen LogP contribution in [0.2, 0.25) is 0 Å². The summed E-state index contributed by atoms with van der Waals surface area (Å²) in [5, 5.41) is 0. The minimum Gasteiger partial charge on any atom is -0.496 e. The van der Waals surface area contributed by atoms with Gasteiger partial charge in [0.2, 0.25) is 0 Å². The highest BCUT2D eigenvalue weighted by Crippen LogP contribution is 2.58.